The third-order valence-electron chi connectivity index (χ3n) is 3.86. The van der Waals surface area contributed by atoms with Gasteiger partial charge in [0, 0.05) is 20.1 Å². The second-order valence-electron chi connectivity index (χ2n) is 4.95. The van der Waals surface area contributed by atoms with Crippen molar-refractivity contribution in [1.82, 2.24) is 4.31 Å². The fourth-order valence-corrected chi connectivity index (χ4v) is 6.82. The van der Waals surface area contributed by atoms with Gasteiger partial charge in [0.2, 0.25) is 16.0 Å². The first kappa shape index (κ1) is 15.5. The summed E-state index contributed by atoms with van der Waals surface area (Å²) in [7, 11) is -2.24. The molecule has 10 heteroatoms. The van der Waals surface area contributed by atoms with Gasteiger partial charge in [0.25, 0.3) is 0 Å². The molecule has 1 aromatic rings. The molecule has 0 aromatic carbocycles. The maximum Gasteiger partial charge on any atom is 0.245 e. The van der Waals surface area contributed by atoms with Crippen molar-refractivity contribution < 1.29 is 13.2 Å². The molecule has 3 rings (SSSR count). The number of fused-ring (bicyclic) bond motifs is 1. The minimum atomic E-state index is -3.64. The topological polar surface area (TPSA) is 85.0 Å². The number of nitrogens with zero attached hydrogens (tertiary/aromatic N) is 2. The first-order valence-electron chi connectivity index (χ1n) is 6.15. The number of aliphatic imine (C=N–C) groups is 1. The second kappa shape index (κ2) is 5.09. The van der Waals surface area contributed by atoms with E-state index < -0.39 is 20.8 Å². The van der Waals surface area contributed by atoms with Crippen LogP contribution in [0.4, 0.5) is 0 Å². The van der Waals surface area contributed by atoms with E-state index in [0.717, 1.165) is 8.09 Å². The van der Waals surface area contributed by atoms with Crippen molar-refractivity contribution in [2.24, 2.45) is 10.7 Å². The van der Waals surface area contributed by atoms with Crippen molar-refractivity contribution in [2.45, 2.75) is 17.2 Å². The van der Waals surface area contributed by atoms with Gasteiger partial charge in [-0.05, 0) is 22.0 Å². The molecule has 2 N–H and O–H groups in total. The van der Waals surface area contributed by atoms with Crippen molar-refractivity contribution >= 4 is 54.9 Å². The zero-order valence-electron chi connectivity index (χ0n) is 11.0. The standard InChI is InChI=1S/C11H13BrClN3O3S2/c1-16-10(14)15-11(9-6(13)4-8(12)20-9)2-3-19-5-7(11)21(16,17)18/h4,7H,2-3,5H2,1H3,(H2,14,15). The summed E-state index contributed by atoms with van der Waals surface area (Å²) in [6.45, 7) is 0.494. The molecule has 2 atom stereocenters. The Labute approximate surface area is 140 Å². The molecular weight excluding hydrogens is 402 g/mol. The molecule has 3 heterocycles. The van der Waals surface area contributed by atoms with Crippen molar-refractivity contribution in [3.05, 3.63) is 19.8 Å². The molecule has 21 heavy (non-hydrogen) atoms. The Bertz CT molecular complexity index is 720. The van der Waals surface area contributed by atoms with Crippen LogP contribution in [0.5, 0.6) is 0 Å². The second-order valence-corrected chi connectivity index (χ2v) is 9.93. The van der Waals surface area contributed by atoms with E-state index in [0.29, 0.717) is 22.9 Å². The highest BCUT2D eigenvalue weighted by Crippen LogP contribution is 2.49. The number of hydrogen-bond donors (Lipinski definition) is 1. The van der Waals surface area contributed by atoms with Crippen molar-refractivity contribution in [3.8, 4) is 0 Å². The summed E-state index contributed by atoms with van der Waals surface area (Å²) < 4.78 is 32.6. The number of ether oxygens (including phenoxy) is 1. The molecule has 1 saturated heterocycles. The molecule has 2 aliphatic rings. The smallest absolute Gasteiger partial charge is 0.245 e. The lowest BCUT2D eigenvalue weighted by Gasteiger charge is -2.45. The lowest BCUT2D eigenvalue weighted by molar-refractivity contribution is 0.0545. The molecule has 0 spiro atoms. The zero-order chi connectivity index (χ0) is 15.4. The summed E-state index contributed by atoms with van der Waals surface area (Å²) in [5.74, 6) is -0.0197. The Morgan fingerprint density at radius 1 is 1.67 bits per heavy atom. The summed E-state index contributed by atoms with van der Waals surface area (Å²) in [6, 6.07) is 1.75. The normalized spacial score (nSPS) is 31.7. The largest absolute Gasteiger partial charge is 0.380 e. The van der Waals surface area contributed by atoms with Gasteiger partial charge in [-0.1, -0.05) is 11.6 Å². The maximum atomic E-state index is 12.7. The van der Waals surface area contributed by atoms with Gasteiger partial charge in [0.1, 0.15) is 10.8 Å². The van der Waals surface area contributed by atoms with Crippen molar-refractivity contribution in [1.29, 1.82) is 0 Å². The van der Waals surface area contributed by atoms with Gasteiger partial charge in [0.05, 0.1) is 20.3 Å². The number of nitrogens with two attached hydrogens (primary N) is 1. The van der Waals surface area contributed by atoms with E-state index in [4.69, 9.17) is 22.1 Å². The predicted molar refractivity (Wildman–Crippen MR) is 86.2 cm³/mol. The number of rotatable bonds is 1. The Balaban J connectivity index is 2.28. The van der Waals surface area contributed by atoms with Crippen LogP contribution in [0.3, 0.4) is 0 Å². The number of thiophene rings is 1. The summed E-state index contributed by atoms with van der Waals surface area (Å²) in [5.41, 5.74) is 4.88. The number of hydrogen-bond acceptors (Lipinski definition) is 6. The highest BCUT2D eigenvalue weighted by Gasteiger charge is 2.56. The van der Waals surface area contributed by atoms with E-state index in [1.807, 2.05) is 0 Å². The molecule has 0 bridgehead atoms. The SMILES string of the molecule is CN1C(N)=NC2(c3sc(Br)cc3Cl)CCOCC2S1(=O)=O. The van der Waals surface area contributed by atoms with Crippen LogP contribution >= 0.6 is 38.9 Å². The third-order valence-corrected chi connectivity index (χ3v) is 8.27. The zero-order valence-corrected chi connectivity index (χ0v) is 15.0. The fraction of sp³-hybridized carbons (Fsp3) is 0.545. The average Bonchev–Trinajstić information content (AvgIpc) is 2.76. The Hall–Kier alpha value is -0.350. The third kappa shape index (κ3) is 2.21. The molecule has 116 valence electrons. The van der Waals surface area contributed by atoms with E-state index in [1.54, 1.807) is 6.07 Å². The van der Waals surface area contributed by atoms with Gasteiger partial charge in [0.15, 0.2) is 0 Å². The lowest BCUT2D eigenvalue weighted by Crippen LogP contribution is -2.60. The van der Waals surface area contributed by atoms with E-state index in [-0.39, 0.29) is 12.6 Å². The van der Waals surface area contributed by atoms with Crippen LogP contribution in [0.15, 0.2) is 14.8 Å². The summed E-state index contributed by atoms with van der Waals surface area (Å²) in [5, 5.41) is -0.325. The first-order valence-corrected chi connectivity index (χ1v) is 9.64. The molecule has 0 radical (unpaired) electrons. The van der Waals surface area contributed by atoms with Crippen LogP contribution in [-0.2, 0) is 20.3 Å². The Kier molecular flexibility index (Phi) is 3.77. The number of sulfonamides is 1. The highest BCUT2D eigenvalue weighted by molar-refractivity contribution is 9.11. The molecule has 0 amide bonds. The van der Waals surface area contributed by atoms with Gasteiger partial charge in [-0.2, -0.15) is 0 Å². The van der Waals surface area contributed by atoms with E-state index in [9.17, 15) is 8.42 Å². The van der Waals surface area contributed by atoms with Crippen molar-refractivity contribution in [3.63, 3.8) is 0 Å². The van der Waals surface area contributed by atoms with Gasteiger partial charge < -0.3 is 10.5 Å². The van der Waals surface area contributed by atoms with Gasteiger partial charge in [-0.3, -0.25) is 0 Å². The van der Waals surface area contributed by atoms with Gasteiger partial charge >= 0.3 is 0 Å². The minimum absolute atomic E-state index is 0.0197. The van der Waals surface area contributed by atoms with Crippen LogP contribution in [-0.4, -0.2) is 44.2 Å². The summed E-state index contributed by atoms with van der Waals surface area (Å²) >= 11 is 11.1. The summed E-state index contributed by atoms with van der Waals surface area (Å²) in [4.78, 5) is 5.24. The molecule has 2 aliphatic heterocycles. The fourth-order valence-electron chi connectivity index (χ4n) is 2.72. The first-order chi connectivity index (χ1) is 9.79. The van der Waals surface area contributed by atoms with E-state index in [2.05, 4.69) is 20.9 Å². The minimum Gasteiger partial charge on any atom is -0.380 e. The van der Waals surface area contributed by atoms with Crippen molar-refractivity contribution in [2.75, 3.05) is 20.3 Å². The molecule has 6 nitrogen and oxygen atoms in total. The molecule has 0 aliphatic carbocycles. The molecular formula is C11H13BrClN3O3S2. The monoisotopic (exact) mass is 413 g/mol. The van der Waals surface area contributed by atoms with E-state index in [1.165, 1.54) is 18.4 Å². The summed E-state index contributed by atoms with van der Waals surface area (Å²) in [6.07, 6.45) is 0.429. The number of halogens is 2. The number of guanidine groups is 1. The van der Waals surface area contributed by atoms with Crippen LogP contribution in [0.1, 0.15) is 11.3 Å². The Morgan fingerprint density at radius 2 is 2.38 bits per heavy atom. The predicted octanol–water partition coefficient (Wildman–Crippen LogP) is 1.74. The molecule has 2 unspecified atom stereocenters. The molecule has 1 aromatic heterocycles. The van der Waals surface area contributed by atoms with Gasteiger partial charge in [-0.25, -0.2) is 17.7 Å². The van der Waals surface area contributed by atoms with E-state index >= 15 is 0 Å². The maximum absolute atomic E-state index is 12.7. The quantitative estimate of drug-likeness (QED) is 0.758. The van der Waals surface area contributed by atoms with Crippen LogP contribution < -0.4 is 5.73 Å². The average molecular weight is 415 g/mol. The lowest BCUT2D eigenvalue weighted by atomic mass is 9.88. The highest BCUT2D eigenvalue weighted by atomic mass is 79.9. The van der Waals surface area contributed by atoms with Crippen LogP contribution in [0.2, 0.25) is 5.02 Å². The van der Waals surface area contributed by atoms with Crippen LogP contribution in [0.25, 0.3) is 0 Å². The van der Waals surface area contributed by atoms with Gasteiger partial charge in [-0.15, -0.1) is 11.3 Å². The molecule has 0 saturated carbocycles. The Morgan fingerprint density at radius 3 is 3.00 bits per heavy atom. The van der Waals surface area contributed by atoms with Crippen LogP contribution in [0, 0.1) is 0 Å². The molecule has 1 fully saturated rings.